The van der Waals surface area contributed by atoms with Gasteiger partial charge in [0, 0.05) is 25.6 Å². The van der Waals surface area contributed by atoms with Crippen LogP contribution in [0, 0.1) is 5.92 Å². The number of aromatic nitrogens is 2. The van der Waals surface area contributed by atoms with E-state index in [1.165, 1.54) is 0 Å². The number of aliphatic hydroxyl groups is 2. The zero-order valence-corrected chi connectivity index (χ0v) is 17.6. The van der Waals surface area contributed by atoms with Gasteiger partial charge in [-0.1, -0.05) is 30.7 Å². The molecule has 9 nitrogen and oxygen atoms in total. The van der Waals surface area contributed by atoms with Crippen molar-refractivity contribution in [2.45, 2.75) is 64.7 Å². The Morgan fingerprint density at radius 1 is 1.23 bits per heavy atom. The van der Waals surface area contributed by atoms with E-state index in [0.717, 1.165) is 30.4 Å². The fraction of sp³-hybridized carbons (Fsp3) is 0.500. The minimum absolute atomic E-state index is 0.00551. The number of rotatable bonds is 6. The zero-order chi connectivity index (χ0) is 22.0. The molecule has 1 aromatic heterocycles. The molecular weight excluding hydrogens is 398 g/mol. The van der Waals surface area contributed by atoms with Crippen LogP contribution in [0.25, 0.3) is 0 Å². The normalized spacial score (nSPS) is 23.3. The van der Waals surface area contributed by atoms with Crippen molar-refractivity contribution >= 4 is 17.6 Å². The monoisotopic (exact) mass is 427 g/mol. The quantitative estimate of drug-likeness (QED) is 0.548. The number of aliphatic hydroxyl groups excluding tert-OH is 2. The van der Waals surface area contributed by atoms with Crippen LogP contribution >= 0.6 is 0 Å². The van der Waals surface area contributed by atoms with Crippen LogP contribution in [-0.4, -0.2) is 44.0 Å². The van der Waals surface area contributed by atoms with Crippen molar-refractivity contribution in [2.75, 3.05) is 4.90 Å². The van der Waals surface area contributed by atoms with Crippen LogP contribution in [0.5, 0.6) is 0 Å². The highest BCUT2D eigenvalue weighted by Gasteiger charge is 2.33. The Morgan fingerprint density at radius 3 is 2.68 bits per heavy atom. The summed E-state index contributed by atoms with van der Waals surface area (Å²) in [5, 5.41) is 25.6. The Labute approximate surface area is 181 Å². The molecule has 31 heavy (non-hydrogen) atoms. The Bertz CT molecular complexity index is 942. The Balaban J connectivity index is 1.38. The highest BCUT2D eigenvalue weighted by molar-refractivity contribution is 5.99. The lowest BCUT2D eigenvalue weighted by Gasteiger charge is -2.33. The van der Waals surface area contributed by atoms with Gasteiger partial charge in [-0.2, -0.15) is 0 Å². The zero-order valence-electron chi connectivity index (χ0n) is 17.6. The molecule has 1 saturated carbocycles. The van der Waals surface area contributed by atoms with E-state index in [-0.39, 0.29) is 23.8 Å². The molecule has 2 aliphatic rings. The predicted molar refractivity (Wildman–Crippen MR) is 114 cm³/mol. The Kier molecular flexibility index (Phi) is 6.24. The molecule has 0 spiro atoms. The van der Waals surface area contributed by atoms with Gasteiger partial charge in [0.15, 0.2) is 11.5 Å². The SMILES string of the molecule is CCn1cnc2c1C(=O)NC(O)N2Cc1ccc(CNC(=O)C2CCCC(O)C2)cc1. The second-order valence-corrected chi connectivity index (χ2v) is 8.23. The number of anilines is 1. The van der Waals surface area contributed by atoms with Crippen LogP contribution in [0.15, 0.2) is 30.6 Å². The van der Waals surface area contributed by atoms with E-state index in [4.69, 9.17) is 0 Å². The molecule has 1 aromatic carbocycles. The number of nitrogens with one attached hydrogen (secondary N) is 2. The van der Waals surface area contributed by atoms with Gasteiger partial charge in [0.1, 0.15) is 0 Å². The van der Waals surface area contributed by atoms with Crippen molar-refractivity contribution in [1.82, 2.24) is 20.2 Å². The van der Waals surface area contributed by atoms with E-state index in [1.54, 1.807) is 15.8 Å². The number of aryl methyl sites for hydroxylation is 1. The number of amides is 2. The van der Waals surface area contributed by atoms with E-state index in [2.05, 4.69) is 15.6 Å². The third kappa shape index (κ3) is 4.57. The summed E-state index contributed by atoms with van der Waals surface area (Å²) < 4.78 is 1.75. The smallest absolute Gasteiger partial charge is 0.275 e. The molecule has 3 unspecified atom stereocenters. The Morgan fingerprint density at radius 2 is 1.97 bits per heavy atom. The maximum absolute atomic E-state index is 12.4. The number of hydrogen-bond donors (Lipinski definition) is 4. The van der Waals surface area contributed by atoms with Crippen LogP contribution in [0.2, 0.25) is 0 Å². The Hall–Kier alpha value is -2.91. The van der Waals surface area contributed by atoms with Crippen molar-refractivity contribution in [3.8, 4) is 0 Å². The summed E-state index contributed by atoms with van der Waals surface area (Å²) in [5.41, 5.74) is 2.36. The lowest BCUT2D eigenvalue weighted by atomic mass is 9.86. The summed E-state index contributed by atoms with van der Waals surface area (Å²) in [6.45, 7) is 3.35. The minimum Gasteiger partial charge on any atom is -0.393 e. The van der Waals surface area contributed by atoms with Gasteiger partial charge < -0.3 is 30.3 Å². The second kappa shape index (κ2) is 9.07. The number of hydrogen-bond acceptors (Lipinski definition) is 6. The van der Waals surface area contributed by atoms with E-state index >= 15 is 0 Å². The lowest BCUT2D eigenvalue weighted by Crippen LogP contribution is -2.53. The fourth-order valence-corrected chi connectivity index (χ4v) is 4.29. The molecule has 1 fully saturated rings. The van der Waals surface area contributed by atoms with Gasteiger partial charge in [0.05, 0.1) is 12.4 Å². The van der Waals surface area contributed by atoms with Crippen molar-refractivity contribution in [3.63, 3.8) is 0 Å². The molecule has 9 heteroatoms. The molecular formula is C22H29N5O4. The summed E-state index contributed by atoms with van der Waals surface area (Å²) in [6, 6.07) is 7.74. The summed E-state index contributed by atoms with van der Waals surface area (Å²) in [5.74, 6) is 0.00350. The molecule has 1 aliphatic carbocycles. The average molecular weight is 428 g/mol. The van der Waals surface area contributed by atoms with Crippen LogP contribution in [0.4, 0.5) is 5.82 Å². The summed E-state index contributed by atoms with van der Waals surface area (Å²) in [7, 11) is 0. The standard InChI is InChI=1S/C22H29N5O4/c1-2-26-13-24-19-18(26)21(30)25-22(31)27(19)12-15-8-6-14(7-9-15)11-23-20(29)16-4-3-5-17(28)10-16/h6-9,13,16-17,22,28,31H,2-5,10-12H2,1H3,(H,23,29)(H,25,30). The third-order valence-corrected chi connectivity index (χ3v) is 6.06. The first kappa shape index (κ1) is 21.3. The minimum atomic E-state index is -1.15. The highest BCUT2D eigenvalue weighted by atomic mass is 16.3. The van der Waals surface area contributed by atoms with Crippen molar-refractivity contribution < 1.29 is 19.8 Å². The first-order valence-corrected chi connectivity index (χ1v) is 10.8. The maximum Gasteiger partial charge on any atom is 0.275 e. The molecule has 4 rings (SSSR count). The van der Waals surface area contributed by atoms with Crippen LogP contribution in [0.1, 0.15) is 54.2 Å². The number of imidazole rings is 1. The van der Waals surface area contributed by atoms with Crippen molar-refractivity contribution in [2.24, 2.45) is 5.92 Å². The molecule has 166 valence electrons. The molecule has 2 heterocycles. The molecule has 0 radical (unpaired) electrons. The lowest BCUT2D eigenvalue weighted by molar-refractivity contribution is -0.127. The second-order valence-electron chi connectivity index (χ2n) is 8.23. The van der Waals surface area contributed by atoms with E-state index in [9.17, 15) is 19.8 Å². The molecule has 0 saturated heterocycles. The number of carbonyl (C=O) groups excluding carboxylic acids is 2. The number of carbonyl (C=O) groups is 2. The first-order chi connectivity index (χ1) is 15.0. The van der Waals surface area contributed by atoms with Gasteiger partial charge in [-0.05, 0) is 37.3 Å². The molecule has 2 amide bonds. The van der Waals surface area contributed by atoms with Gasteiger partial charge in [0.2, 0.25) is 12.3 Å². The largest absolute Gasteiger partial charge is 0.393 e. The van der Waals surface area contributed by atoms with E-state index in [1.807, 2.05) is 31.2 Å². The third-order valence-electron chi connectivity index (χ3n) is 6.06. The topological polar surface area (TPSA) is 120 Å². The van der Waals surface area contributed by atoms with Crippen LogP contribution in [0.3, 0.4) is 0 Å². The molecule has 3 atom stereocenters. The fourth-order valence-electron chi connectivity index (χ4n) is 4.29. The van der Waals surface area contributed by atoms with E-state index in [0.29, 0.717) is 37.6 Å². The van der Waals surface area contributed by atoms with Crippen LogP contribution < -0.4 is 15.5 Å². The maximum atomic E-state index is 12.4. The van der Waals surface area contributed by atoms with Crippen molar-refractivity contribution in [1.29, 1.82) is 0 Å². The molecule has 4 N–H and O–H groups in total. The summed E-state index contributed by atoms with van der Waals surface area (Å²) in [4.78, 5) is 30.6. The number of benzene rings is 1. The average Bonchev–Trinajstić information content (AvgIpc) is 3.20. The molecule has 1 aliphatic heterocycles. The van der Waals surface area contributed by atoms with E-state index < -0.39 is 6.35 Å². The molecule has 0 bridgehead atoms. The van der Waals surface area contributed by atoms with Gasteiger partial charge in [-0.25, -0.2) is 4.98 Å². The van der Waals surface area contributed by atoms with Gasteiger partial charge in [-0.3, -0.25) is 9.59 Å². The number of nitrogens with zero attached hydrogens (tertiary/aromatic N) is 3. The highest BCUT2D eigenvalue weighted by Crippen LogP contribution is 2.26. The van der Waals surface area contributed by atoms with Crippen molar-refractivity contribution in [3.05, 3.63) is 47.4 Å². The van der Waals surface area contributed by atoms with Crippen LogP contribution in [-0.2, 0) is 24.4 Å². The summed E-state index contributed by atoms with van der Waals surface area (Å²) >= 11 is 0. The summed E-state index contributed by atoms with van der Waals surface area (Å²) in [6.07, 6.45) is 3.11. The van der Waals surface area contributed by atoms with Gasteiger partial charge in [-0.15, -0.1) is 0 Å². The van der Waals surface area contributed by atoms with Gasteiger partial charge in [0.25, 0.3) is 5.91 Å². The first-order valence-electron chi connectivity index (χ1n) is 10.8. The molecule has 2 aromatic rings. The predicted octanol–water partition coefficient (Wildman–Crippen LogP) is 1.10. The van der Waals surface area contributed by atoms with Gasteiger partial charge >= 0.3 is 0 Å². The number of fused-ring (bicyclic) bond motifs is 1.